The minimum absolute atomic E-state index is 0.0197. The monoisotopic (exact) mass is 610 g/mol. The maximum Gasteiger partial charge on any atom is 0.319 e. The SMILES string of the molecule is Oc1cc(Cl)c(C2CC2)c(-c2nc3c4c(nc(OC[C@@]56CCCN5C[C@@H](F)C6)nc4c2F)N2C[C@H]4CC[C@H](N4)[C@@H]2CO3)c1. The van der Waals surface area contributed by atoms with Gasteiger partial charge in [-0.05, 0) is 68.7 Å². The molecule has 1 saturated carbocycles. The van der Waals surface area contributed by atoms with Gasteiger partial charge in [0.15, 0.2) is 5.82 Å². The molecule has 12 heteroatoms. The second-order valence-corrected chi connectivity index (χ2v) is 13.6. The summed E-state index contributed by atoms with van der Waals surface area (Å²) in [6.45, 7) is 2.56. The molecule has 5 atom stereocenters. The van der Waals surface area contributed by atoms with Gasteiger partial charge in [0, 0.05) is 42.2 Å². The second-order valence-electron chi connectivity index (χ2n) is 13.2. The Morgan fingerprint density at radius 1 is 1.16 bits per heavy atom. The molecule has 2 aromatic heterocycles. The number of rotatable bonds is 5. The molecule has 3 aromatic rings. The van der Waals surface area contributed by atoms with Gasteiger partial charge in [0.05, 0.1) is 11.6 Å². The summed E-state index contributed by atoms with van der Waals surface area (Å²) < 4.78 is 44.0. The normalized spacial score (nSPS) is 31.2. The molecule has 5 fully saturated rings. The number of phenolic OH excluding ortho intramolecular Hbond substituents is 1. The van der Waals surface area contributed by atoms with Gasteiger partial charge in [-0.3, -0.25) is 4.90 Å². The van der Waals surface area contributed by atoms with Gasteiger partial charge in [0.25, 0.3) is 0 Å². The van der Waals surface area contributed by atoms with Crippen molar-refractivity contribution in [3.05, 3.63) is 28.5 Å². The number of phenols is 1. The van der Waals surface area contributed by atoms with E-state index < -0.39 is 17.5 Å². The average Bonchev–Trinajstić information content (AvgIpc) is 3.56. The van der Waals surface area contributed by atoms with E-state index in [1.54, 1.807) is 0 Å². The summed E-state index contributed by atoms with van der Waals surface area (Å²) >= 11 is 6.60. The van der Waals surface area contributed by atoms with Crippen LogP contribution in [-0.4, -0.2) is 87.6 Å². The van der Waals surface area contributed by atoms with Crippen molar-refractivity contribution in [1.82, 2.24) is 25.2 Å². The van der Waals surface area contributed by atoms with Crippen LogP contribution in [0.25, 0.3) is 22.2 Å². The maximum absolute atomic E-state index is 16.8. The van der Waals surface area contributed by atoms with Crippen LogP contribution in [0.3, 0.4) is 0 Å². The smallest absolute Gasteiger partial charge is 0.319 e. The number of hydrogen-bond donors (Lipinski definition) is 2. The molecule has 0 amide bonds. The lowest BCUT2D eigenvalue weighted by Gasteiger charge is -2.40. The number of nitrogens with one attached hydrogen (secondary N) is 1. The van der Waals surface area contributed by atoms with Gasteiger partial charge < -0.3 is 24.8 Å². The number of alkyl halides is 1. The summed E-state index contributed by atoms with van der Waals surface area (Å²) in [4.78, 5) is 18.7. The molecule has 1 aliphatic carbocycles. The maximum atomic E-state index is 16.8. The Balaban J connectivity index is 1.21. The third-order valence-electron chi connectivity index (χ3n) is 10.5. The van der Waals surface area contributed by atoms with Crippen LogP contribution < -0.4 is 19.7 Å². The van der Waals surface area contributed by atoms with E-state index in [9.17, 15) is 9.50 Å². The number of aromatic nitrogens is 3. The first kappa shape index (κ1) is 26.4. The Labute approximate surface area is 252 Å². The largest absolute Gasteiger partial charge is 0.508 e. The third kappa shape index (κ3) is 4.10. The minimum atomic E-state index is -0.885. The van der Waals surface area contributed by atoms with Crippen molar-refractivity contribution in [2.45, 2.75) is 80.7 Å². The van der Waals surface area contributed by atoms with Crippen LogP contribution in [0.4, 0.5) is 14.6 Å². The first-order chi connectivity index (χ1) is 20.9. The molecule has 43 heavy (non-hydrogen) atoms. The van der Waals surface area contributed by atoms with Crippen molar-refractivity contribution in [3.63, 3.8) is 0 Å². The number of aromatic hydroxyl groups is 1. The Bertz CT molecular complexity index is 1660. The topological polar surface area (TPSA) is 95.9 Å². The van der Waals surface area contributed by atoms with Crippen LogP contribution in [0, 0.1) is 5.82 Å². The Kier molecular flexibility index (Phi) is 5.82. The Morgan fingerprint density at radius 2 is 2.05 bits per heavy atom. The molecule has 6 aliphatic rings. The van der Waals surface area contributed by atoms with Gasteiger partial charge in [0.1, 0.15) is 47.5 Å². The zero-order valence-corrected chi connectivity index (χ0v) is 24.4. The lowest BCUT2D eigenvalue weighted by molar-refractivity contribution is 0.107. The predicted octanol–water partition coefficient (Wildman–Crippen LogP) is 4.72. The van der Waals surface area contributed by atoms with Crippen molar-refractivity contribution in [2.24, 2.45) is 0 Å². The molecule has 4 saturated heterocycles. The zero-order valence-electron chi connectivity index (χ0n) is 23.7. The van der Waals surface area contributed by atoms with E-state index in [0.29, 0.717) is 53.9 Å². The van der Waals surface area contributed by atoms with Crippen LogP contribution in [0.1, 0.15) is 56.4 Å². The van der Waals surface area contributed by atoms with Crippen LogP contribution in [-0.2, 0) is 0 Å². The molecule has 2 N–H and O–H groups in total. The summed E-state index contributed by atoms with van der Waals surface area (Å²) in [5, 5.41) is 15.0. The van der Waals surface area contributed by atoms with E-state index in [2.05, 4.69) is 20.1 Å². The first-order valence-corrected chi connectivity index (χ1v) is 15.9. The molecule has 7 heterocycles. The lowest BCUT2D eigenvalue weighted by atomic mass is 9.95. The van der Waals surface area contributed by atoms with Gasteiger partial charge >= 0.3 is 6.01 Å². The number of pyridine rings is 1. The quantitative estimate of drug-likeness (QED) is 0.425. The molecule has 5 aliphatic heterocycles. The number of halogens is 3. The number of anilines is 1. The van der Waals surface area contributed by atoms with E-state index >= 15 is 4.39 Å². The number of nitrogens with zero attached hydrogens (tertiary/aromatic N) is 5. The van der Waals surface area contributed by atoms with E-state index in [0.717, 1.165) is 50.6 Å². The van der Waals surface area contributed by atoms with Gasteiger partial charge in [-0.1, -0.05) is 11.6 Å². The molecular formula is C31H33ClF2N6O3. The molecule has 0 radical (unpaired) electrons. The molecule has 1 aromatic carbocycles. The predicted molar refractivity (Wildman–Crippen MR) is 156 cm³/mol. The third-order valence-corrected chi connectivity index (χ3v) is 10.8. The summed E-state index contributed by atoms with van der Waals surface area (Å²) in [5.74, 6) is 0.292. The van der Waals surface area contributed by atoms with Crippen molar-refractivity contribution in [2.75, 3.05) is 37.7 Å². The highest BCUT2D eigenvalue weighted by Gasteiger charge is 2.50. The van der Waals surface area contributed by atoms with Crippen LogP contribution >= 0.6 is 11.6 Å². The fourth-order valence-corrected chi connectivity index (χ4v) is 8.76. The second kappa shape index (κ2) is 9.49. The molecule has 0 unspecified atom stereocenters. The molecule has 0 spiro atoms. The summed E-state index contributed by atoms with van der Waals surface area (Å²) in [5.41, 5.74) is 0.920. The number of benzene rings is 1. The first-order valence-electron chi connectivity index (χ1n) is 15.5. The standard InChI is InChI=1S/C31H33ClF2N6O3/c32-20-9-18(41)8-19(23(20)15-2-3-15)26-25(34)27-24-28(40-12-17-4-5-21(35-17)22(40)13-42-29(24)36-26)38-30(37-27)43-14-31-6-1-7-39(31)11-16(33)10-31/h8-9,15-17,21-22,35,41H,1-7,10-14H2/t16-,17+,21-,22-,31-/m0/s1. The van der Waals surface area contributed by atoms with E-state index in [-0.39, 0.29) is 53.5 Å². The van der Waals surface area contributed by atoms with Crippen LogP contribution in [0.15, 0.2) is 12.1 Å². The van der Waals surface area contributed by atoms with Gasteiger partial charge in [0.2, 0.25) is 5.88 Å². The van der Waals surface area contributed by atoms with E-state index in [1.807, 2.05) is 0 Å². The number of hydrogen-bond acceptors (Lipinski definition) is 9. The number of piperazine rings is 1. The highest BCUT2D eigenvalue weighted by atomic mass is 35.5. The Morgan fingerprint density at radius 3 is 2.91 bits per heavy atom. The van der Waals surface area contributed by atoms with Gasteiger partial charge in [-0.15, -0.1) is 0 Å². The van der Waals surface area contributed by atoms with Crippen molar-refractivity contribution < 1.29 is 23.4 Å². The summed E-state index contributed by atoms with van der Waals surface area (Å²) in [6.07, 6.45) is 5.31. The minimum Gasteiger partial charge on any atom is -0.508 e. The van der Waals surface area contributed by atoms with E-state index in [1.165, 1.54) is 12.1 Å². The number of fused-ring (bicyclic) bond motifs is 6. The van der Waals surface area contributed by atoms with Crippen LogP contribution in [0.2, 0.25) is 5.02 Å². The van der Waals surface area contributed by atoms with Gasteiger partial charge in [-0.25, -0.2) is 13.8 Å². The Hall–Kier alpha value is -3.02. The fraction of sp³-hybridized carbons (Fsp3) is 0.581. The zero-order chi connectivity index (χ0) is 29.0. The molecule has 9 rings (SSSR count). The van der Waals surface area contributed by atoms with Gasteiger partial charge in [-0.2, -0.15) is 9.97 Å². The van der Waals surface area contributed by atoms with Crippen LogP contribution in [0.5, 0.6) is 17.6 Å². The number of ether oxygens (including phenoxy) is 2. The summed E-state index contributed by atoms with van der Waals surface area (Å²) in [6, 6.07) is 3.57. The highest BCUT2D eigenvalue weighted by Crippen LogP contribution is 2.50. The molecular weight excluding hydrogens is 578 g/mol. The highest BCUT2D eigenvalue weighted by molar-refractivity contribution is 6.32. The summed E-state index contributed by atoms with van der Waals surface area (Å²) in [7, 11) is 0. The fourth-order valence-electron chi connectivity index (χ4n) is 8.39. The molecule has 2 bridgehead atoms. The van der Waals surface area contributed by atoms with E-state index in [4.69, 9.17) is 31.0 Å². The lowest BCUT2D eigenvalue weighted by Crippen LogP contribution is -2.60. The average molecular weight is 611 g/mol. The van der Waals surface area contributed by atoms with Crippen molar-refractivity contribution in [3.8, 4) is 28.9 Å². The van der Waals surface area contributed by atoms with Crippen molar-refractivity contribution in [1.29, 1.82) is 0 Å². The molecule has 9 nitrogen and oxygen atoms in total. The van der Waals surface area contributed by atoms with Crippen molar-refractivity contribution >= 4 is 28.3 Å². The molecule has 226 valence electrons.